The highest BCUT2D eigenvalue weighted by molar-refractivity contribution is 9.10. The Labute approximate surface area is 127 Å². The number of nitrogens with zero attached hydrogens (tertiary/aromatic N) is 2. The van der Waals surface area contributed by atoms with Crippen molar-refractivity contribution in [2.45, 2.75) is 26.3 Å². The molecule has 108 valence electrons. The molecule has 0 spiro atoms. The van der Waals surface area contributed by atoms with Crippen molar-refractivity contribution in [3.63, 3.8) is 0 Å². The van der Waals surface area contributed by atoms with Gasteiger partial charge in [0.2, 0.25) is 0 Å². The molecule has 0 aromatic heterocycles. The summed E-state index contributed by atoms with van der Waals surface area (Å²) in [5, 5.41) is 4.08. The number of rotatable bonds is 2. The molecule has 0 amide bonds. The summed E-state index contributed by atoms with van der Waals surface area (Å²) in [5.74, 6) is -0.0994. The molecule has 1 aliphatic heterocycles. The minimum Gasteiger partial charge on any atom is -0.313 e. The van der Waals surface area contributed by atoms with Crippen LogP contribution in [0.1, 0.15) is 30.6 Å². The van der Waals surface area contributed by atoms with Gasteiger partial charge >= 0.3 is 5.97 Å². The Hall–Kier alpha value is -1.20. The minimum absolute atomic E-state index is 0.314. The van der Waals surface area contributed by atoms with Gasteiger partial charge < -0.3 is 9.74 Å². The van der Waals surface area contributed by atoms with Crippen LogP contribution in [0, 0.1) is 5.92 Å². The van der Waals surface area contributed by atoms with E-state index in [1.807, 2.05) is 12.1 Å². The first kappa shape index (κ1) is 15.2. The lowest BCUT2D eigenvalue weighted by molar-refractivity contribution is 0.0508. The van der Waals surface area contributed by atoms with Crippen molar-refractivity contribution < 1.29 is 9.63 Å². The average Bonchev–Trinajstić information content (AvgIpc) is 2.42. The van der Waals surface area contributed by atoms with Crippen LogP contribution in [-0.2, 0) is 4.84 Å². The van der Waals surface area contributed by atoms with Gasteiger partial charge in [0.1, 0.15) is 0 Å². The fourth-order valence-corrected chi connectivity index (χ4v) is 2.51. The SMILES string of the molecule is C[C@@H]1C/C(=N\OC(=O)c2ccc(Br)cc2)[C@@H](C)CN1C. The smallest absolute Gasteiger partial charge is 0.313 e. The van der Waals surface area contributed by atoms with Gasteiger partial charge in [0.05, 0.1) is 11.3 Å². The van der Waals surface area contributed by atoms with E-state index in [0.29, 0.717) is 17.5 Å². The maximum absolute atomic E-state index is 11.9. The van der Waals surface area contributed by atoms with Crippen LogP contribution in [-0.4, -0.2) is 36.2 Å². The van der Waals surface area contributed by atoms with E-state index in [9.17, 15) is 4.79 Å². The number of benzene rings is 1. The summed E-state index contributed by atoms with van der Waals surface area (Å²) >= 11 is 3.33. The number of hydrogen-bond donors (Lipinski definition) is 0. The van der Waals surface area contributed by atoms with E-state index in [4.69, 9.17) is 4.84 Å². The van der Waals surface area contributed by atoms with Gasteiger partial charge in [0.25, 0.3) is 0 Å². The first-order valence-corrected chi connectivity index (χ1v) is 7.50. The molecule has 1 aromatic carbocycles. The van der Waals surface area contributed by atoms with Crippen molar-refractivity contribution in [1.82, 2.24) is 4.90 Å². The second-order valence-corrected chi connectivity index (χ2v) is 6.28. The molecular formula is C15H19BrN2O2. The van der Waals surface area contributed by atoms with Crippen LogP contribution in [0.15, 0.2) is 33.9 Å². The topological polar surface area (TPSA) is 41.9 Å². The van der Waals surface area contributed by atoms with E-state index in [-0.39, 0.29) is 0 Å². The van der Waals surface area contributed by atoms with Gasteiger partial charge in [-0.1, -0.05) is 28.0 Å². The zero-order valence-corrected chi connectivity index (χ0v) is 13.6. The standard InChI is InChI=1S/C15H19BrN2O2/c1-10-9-18(3)11(2)8-14(10)17-20-15(19)12-4-6-13(16)7-5-12/h4-7,10-11H,8-9H2,1-3H3/b17-14+/t10-,11+/m0/s1. The Kier molecular flexibility index (Phi) is 4.94. The number of halogens is 1. The maximum Gasteiger partial charge on any atom is 0.365 e. The molecule has 2 rings (SSSR count). The number of carbonyl (C=O) groups is 1. The zero-order valence-electron chi connectivity index (χ0n) is 12.0. The van der Waals surface area contributed by atoms with Gasteiger partial charge in [-0.3, -0.25) is 0 Å². The van der Waals surface area contributed by atoms with Crippen LogP contribution in [0.5, 0.6) is 0 Å². The molecule has 0 radical (unpaired) electrons. The average molecular weight is 339 g/mol. The van der Waals surface area contributed by atoms with Crippen molar-refractivity contribution in [3.8, 4) is 0 Å². The largest absolute Gasteiger partial charge is 0.365 e. The Bertz CT molecular complexity index is 513. The number of piperidine rings is 1. The zero-order chi connectivity index (χ0) is 14.7. The van der Waals surface area contributed by atoms with Gasteiger partial charge in [-0.25, -0.2) is 4.79 Å². The lowest BCUT2D eigenvalue weighted by Gasteiger charge is -2.34. The summed E-state index contributed by atoms with van der Waals surface area (Å²) in [6, 6.07) is 7.48. The molecule has 4 nitrogen and oxygen atoms in total. The molecule has 0 bridgehead atoms. The predicted octanol–water partition coefficient (Wildman–Crippen LogP) is 3.32. The van der Waals surface area contributed by atoms with E-state index in [1.165, 1.54) is 0 Å². The molecule has 1 saturated heterocycles. The Balaban J connectivity index is 2.01. The Morgan fingerprint density at radius 3 is 2.65 bits per heavy atom. The summed E-state index contributed by atoms with van der Waals surface area (Å²) < 4.78 is 0.929. The Morgan fingerprint density at radius 2 is 2.00 bits per heavy atom. The lowest BCUT2D eigenvalue weighted by atomic mass is 9.93. The summed E-state index contributed by atoms with van der Waals surface area (Å²) in [6.45, 7) is 5.20. The molecule has 2 atom stereocenters. The molecule has 1 heterocycles. The van der Waals surface area contributed by atoms with Crippen LogP contribution in [0.25, 0.3) is 0 Å². The molecule has 1 fully saturated rings. The molecular weight excluding hydrogens is 320 g/mol. The molecule has 1 aromatic rings. The van der Waals surface area contributed by atoms with Crippen molar-refractivity contribution in [3.05, 3.63) is 34.3 Å². The van der Waals surface area contributed by atoms with Crippen LogP contribution in [0.4, 0.5) is 0 Å². The fraction of sp³-hybridized carbons (Fsp3) is 0.467. The Morgan fingerprint density at radius 1 is 1.35 bits per heavy atom. The van der Waals surface area contributed by atoms with E-state index in [0.717, 1.165) is 23.1 Å². The van der Waals surface area contributed by atoms with Crippen LogP contribution < -0.4 is 0 Å². The molecule has 20 heavy (non-hydrogen) atoms. The van der Waals surface area contributed by atoms with Crippen LogP contribution >= 0.6 is 15.9 Å². The monoisotopic (exact) mass is 338 g/mol. The maximum atomic E-state index is 11.9. The minimum atomic E-state index is -0.413. The highest BCUT2D eigenvalue weighted by atomic mass is 79.9. The molecule has 0 unspecified atom stereocenters. The predicted molar refractivity (Wildman–Crippen MR) is 82.9 cm³/mol. The lowest BCUT2D eigenvalue weighted by Crippen LogP contribution is -2.43. The highest BCUT2D eigenvalue weighted by Crippen LogP contribution is 2.18. The van der Waals surface area contributed by atoms with Gasteiger partial charge in [-0.15, -0.1) is 0 Å². The third-order valence-corrected chi connectivity index (χ3v) is 4.24. The molecule has 5 heteroatoms. The number of hydrogen-bond acceptors (Lipinski definition) is 4. The van der Waals surface area contributed by atoms with E-state index in [1.54, 1.807) is 12.1 Å². The summed E-state index contributed by atoms with van der Waals surface area (Å²) in [5.41, 5.74) is 1.47. The van der Waals surface area contributed by atoms with Crippen LogP contribution in [0.3, 0.4) is 0 Å². The summed E-state index contributed by atoms with van der Waals surface area (Å²) in [7, 11) is 2.10. The first-order valence-electron chi connectivity index (χ1n) is 6.71. The van der Waals surface area contributed by atoms with Crippen molar-refractivity contribution in [2.75, 3.05) is 13.6 Å². The van der Waals surface area contributed by atoms with Crippen LogP contribution in [0.2, 0.25) is 0 Å². The van der Waals surface area contributed by atoms with Gasteiger partial charge in [0, 0.05) is 29.4 Å². The quantitative estimate of drug-likeness (QED) is 0.613. The molecule has 0 aliphatic carbocycles. The van der Waals surface area contributed by atoms with Crippen molar-refractivity contribution in [1.29, 1.82) is 0 Å². The normalized spacial score (nSPS) is 25.7. The second-order valence-electron chi connectivity index (χ2n) is 5.36. The van der Waals surface area contributed by atoms with E-state index >= 15 is 0 Å². The number of oxime groups is 1. The number of carbonyl (C=O) groups excluding carboxylic acids is 1. The van der Waals surface area contributed by atoms with E-state index < -0.39 is 5.97 Å². The summed E-state index contributed by atoms with van der Waals surface area (Å²) in [6.07, 6.45) is 0.839. The van der Waals surface area contributed by atoms with E-state index in [2.05, 4.69) is 46.9 Å². The number of likely N-dealkylation sites (tertiary alicyclic amines) is 1. The van der Waals surface area contributed by atoms with Gasteiger partial charge in [-0.05, 0) is 38.2 Å². The van der Waals surface area contributed by atoms with Crippen molar-refractivity contribution >= 4 is 27.6 Å². The third kappa shape index (κ3) is 3.67. The second kappa shape index (κ2) is 6.50. The van der Waals surface area contributed by atoms with Gasteiger partial charge in [-0.2, -0.15) is 0 Å². The van der Waals surface area contributed by atoms with Crippen molar-refractivity contribution in [2.24, 2.45) is 11.1 Å². The summed E-state index contributed by atoms with van der Waals surface area (Å²) in [4.78, 5) is 19.3. The highest BCUT2D eigenvalue weighted by Gasteiger charge is 2.26. The third-order valence-electron chi connectivity index (χ3n) is 3.71. The molecule has 1 aliphatic rings. The first-order chi connectivity index (χ1) is 9.47. The van der Waals surface area contributed by atoms with Gasteiger partial charge in [0.15, 0.2) is 0 Å². The fourth-order valence-electron chi connectivity index (χ4n) is 2.24. The molecule has 0 saturated carbocycles. The molecule has 0 N–H and O–H groups in total.